The Hall–Kier alpha value is -0.790. The van der Waals surface area contributed by atoms with Gasteiger partial charge in [0.1, 0.15) is 5.02 Å². The number of carboxylic acid groups (broad SMARTS) is 1. The van der Waals surface area contributed by atoms with Gasteiger partial charge in [-0.1, -0.05) is 48.1 Å². The highest BCUT2D eigenvalue weighted by molar-refractivity contribution is 6.42. The average Bonchev–Trinajstić information content (AvgIpc) is 2.47. The van der Waals surface area contributed by atoms with Crippen molar-refractivity contribution < 1.29 is 24.4 Å². The van der Waals surface area contributed by atoms with Crippen molar-refractivity contribution in [2.45, 2.75) is 26.7 Å². The molecule has 0 saturated carbocycles. The number of nitrogens with zero attached hydrogens (tertiary/aromatic N) is 1. The second-order valence-corrected chi connectivity index (χ2v) is 4.98. The van der Waals surface area contributed by atoms with E-state index in [2.05, 4.69) is 16.8 Å². The Morgan fingerprint density at radius 1 is 1.23 bits per heavy atom. The Kier molecular flexibility index (Phi) is 12.3. The van der Waals surface area contributed by atoms with Gasteiger partial charge in [-0.05, 0) is 19.4 Å². The molecule has 1 aromatic heterocycles. The fourth-order valence-corrected chi connectivity index (χ4v) is 1.55. The van der Waals surface area contributed by atoms with Crippen molar-refractivity contribution in [2.75, 3.05) is 19.8 Å². The van der Waals surface area contributed by atoms with Crippen LogP contribution in [0.25, 0.3) is 0 Å². The number of unbranched alkanes of at least 4 members (excludes halogenated alkanes) is 1. The van der Waals surface area contributed by atoms with E-state index in [0.29, 0.717) is 6.61 Å². The molecular formula is C13H18Cl3NO5. The van der Waals surface area contributed by atoms with E-state index in [1.807, 2.05) is 6.92 Å². The summed E-state index contributed by atoms with van der Waals surface area (Å²) in [5.41, 5.74) is 0. The molecule has 0 aromatic carbocycles. The van der Waals surface area contributed by atoms with Crippen LogP contribution in [0.1, 0.15) is 26.7 Å². The lowest BCUT2D eigenvalue weighted by Gasteiger charge is -2.05. The van der Waals surface area contributed by atoms with Gasteiger partial charge in [0, 0.05) is 0 Å². The lowest BCUT2D eigenvalue weighted by Crippen LogP contribution is -2.10. The van der Waals surface area contributed by atoms with Gasteiger partial charge < -0.3 is 9.84 Å². The first kappa shape index (κ1) is 21.2. The number of carbonyl (C=O) groups is 1. The molecule has 0 aliphatic rings. The number of rotatable bonds is 8. The first-order valence-corrected chi connectivity index (χ1v) is 7.66. The molecule has 0 amide bonds. The van der Waals surface area contributed by atoms with Gasteiger partial charge >= 0.3 is 5.97 Å². The van der Waals surface area contributed by atoms with Crippen molar-refractivity contribution >= 4 is 40.8 Å². The molecule has 1 heterocycles. The van der Waals surface area contributed by atoms with E-state index < -0.39 is 12.6 Å². The van der Waals surface area contributed by atoms with E-state index in [1.54, 1.807) is 0 Å². The van der Waals surface area contributed by atoms with E-state index in [-0.39, 0.29) is 21.1 Å². The summed E-state index contributed by atoms with van der Waals surface area (Å²) in [6.07, 6.45) is 2.24. The maximum Gasteiger partial charge on any atom is 0.341 e. The van der Waals surface area contributed by atoms with E-state index in [9.17, 15) is 4.79 Å². The number of aliphatic carboxylic acids is 1. The predicted octanol–water partition coefficient (Wildman–Crippen LogP) is 4.26. The molecular weight excluding hydrogens is 357 g/mol. The van der Waals surface area contributed by atoms with E-state index in [4.69, 9.17) is 49.5 Å². The molecule has 1 N–H and O–H groups in total. The Morgan fingerprint density at radius 2 is 1.91 bits per heavy atom. The number of carboxylic acids is 1. The molecule has 0 radical (unpaired) electrons. The highest BCUT2D eigenvalue weighted by atomic mass is 35.5. The van der Waals surface area contributed by atoms with Crippen LogP contribution in [0.3, 0.4) is 0 Å². The third-order valence-electron chi connectivity index (χ3n) is 1.97. The zero-order valence-electron chi connectivity index (χ0n) is 12.3. The molecule has 1 rings (SSSR count). The van der Waals surface area contributed by atoms with Crippen molar-refractivity contribution in [1.82, 2.24) is 4.98 Å². The van der Waals surface area contributed by atoms with Crippen LogP contribution < -0.4 is 4.74 Å². The summed E-state index contributed by atoms with van der Waals surface area (Å²) in [6.45, 7) is 4.86. The number of ether oxygens (including phenoxy) is 1. The minimum Gasteiger partial charge on any atom is -0.479 e. The predicted molar refractivity (Wildman–Crippen MR) is 84.9 cm³/mol. The van der Waals surface area contributed by atoms with Crippen LogP contribution in [-0.4, -0.2) is 35.9 Å². The summed E-state index contributed by atoms with van der Waals surface area (Å²) in [4.78, 5) is 23.2. The fraction of sp³-hybridized carbons (Fsp3) is 0.538. The van der Waals surface area contributed by atoms with Gasteiger partial charge in [-0.25, -0.2) is 14.6 Å². The molecule has 22 heavy (non-hydrogen) atoms. The third-order valence-corrected chi connectivity index (χ3v) is 2.91. The van der Waals surface area contributed by atoms with Gasteiger partial charge in [0.25, 0.3) is 0 Å². The fourth-order valence-electron chi connectivity index (χ4n) is 1.01. The quantitative estimate of drug-likeness (QED) is 0.317. The molecule has 0 unspecified atom stereocenters. The van der Waals surface area contributed by atoms with E-state index in [0.717, 1.165) is 19.4 Å². The van der Waals surface area contributed by atoms with Crippen LogP contribution in [0.4, 0.5) is 0 Å². The molecule has 0 aliphatic heterocycles. The SMILES string of the molecule is CCCCOOCC.O=C(O)COc1nc(Cl)c(Cl)cc1Cl. The Morgan fingerprint density at radius 3 is 2.45 bits per heavy atom. The van der Waals surface area contributed by atoms with Crippen LogP contribution in [0.5, 0.6) is 5.88 Å². The lowest BCUT2D eigenvalue weighted by molar-refractivity contribution is -0.291. The summed E-state index contributed by atoms with van der Waals surface area (Å²) in [5, 5.41) is 8.64. The molecule has 0 saturated heterocycles. The van der Waals surface area contributed by atoms with Crippen LogP contribution in [-0.2, 0) is 14.6 Å². The lowest BCUT2D eigenvalue weighted by atomic mass is 10.4. The van der Waals surface area contributed by atoms with Crippen molar-refractivity contribution in [1.29, 1.82) is 0 Å². The number of halogens is 3. The monoisotopic (exact) mass is 373 g/mol. The summed E-state index contributed by atoms with van der Waals surface area (Å²) >= 11 is 16.8. The largest absolute Gasteiger partial charge is 0.479 e. The molecule has 0 spiro atoms. The first-order chi connectivity index (χ1) is 10.4. The summed E-state index contributed by atoms with van der Waals surface area (Å²) in [5.74, 6) is -1.18. The van der Waals surface area contributed by atoms with Crippen molar-refractivity contribution in [3.05, 3.63) is 21.3 Å². The van der Waals surface area contributed by atoms with Crippen LogP contribution >= 0.6 is 34.8 Å². The molecule has 9 heteroatoms. The molecule has 6 nitrogen and oxygen atoms in total. The van der Waals surface area contributed by atoms with Crippen molar-refractivity contribution in [3.8, 4) is 5.88 Å². The van der Waals surface area contributed by atoms with E-state index in [1.165, 1.54) is 6.07 Å². The van der Waals surface area contributed by atoms with Gasteiger partial charge in [0.2, 0.25) is 5.88 Å². The maximum atomic E-state index is 10.2. The molecule has 0 bridgehead atoms. The van der Waals surface area contributed by atoms with Gasteiger partial charge in [-0.15, -0.1) is 0 Å². The summed E-state index contributed by atoms with van der Waals surface area (Å²) < 4.78 is 4.75. The Bertz CT molecular complexity index is 454. The van der Waals surface area contributed by atoms with Crippen LogP contribution in [0, 0.1) is 0 Å². The van der Waals surface area contributed by atoms with Crippen LogP contribution in [0.2, 0.25) is 15.2 Å². The zero-order valence-corrected chi connectivity index (χ0v) is 14.5. The summed E-state index contributed by atoms with van der Waals surface area (Å²) in [7, 11) is 0. The molecule has 0 atom stereocenters. The normalized spacial score (nSPS) is 9.86. The molecule has 1 aromatic rings. The molecule has 126 valence electrons. The van der Waals surface area contributed by atoms with Gasteiger partial charge in [-0.2, -0.15) is 4.98 Å². The minimum atomic E-state index is -1.13. The number of hydrogen-bond donors (Lipinski definition) is 1. The minimum absolute atomic E-state index is 0.0106. The smallest absolute Gasteiger partial charge is 0.341 e. The first-order valence-electron chi connectivity index (χ1n) is 6.52. The van der Waals surface area contributed by atoms with Gasteiger partial charge in [0.15, 0.2) is 11.8 Å². The third kappa shape index (κ3) is 10.0. The molecule has 0 aliphatic carbocycles. The zero-order chi connectivity index (χ0) is 17.0. The number of hydrogen-bond acceptors (Lipinski definition) is 5. The highest BCUT2D eigenvalue weighted by Gasteiger charge is 2.10. The average molecular weight is 375 g/mol. The topological polar surface area (TPSA) is 77.9 Å². The van der Waals surface area contributed by atoms with Gasteiger partial charge in [0.05, 0.1) is 18.2 Å². The Labute approximate surface area is 144 Å². The second kappa shape index (κ2) is 12.7. The van der Waals surface area contributed by atoms with Crippen LogP contribution in [0.15, 0.2) is 6.07 Å². The standard InChI is InChI=1S/C7H4Cl3NO3.C6H14O2/c8-3-1-4(9)7(11-6(3)10)14-2-5(12)13;1-3-5-6-8-7-4-2/h1H,2H2,(H,12,13);3-6H2,1-2H3. The highest BCUT2D eigenvalue weighted by Crippen LogP contribution is 2.30. The van der Waals surface area contributed by atoms with E-state index >= 15 is 0 Å². The van der Waals surface area contributed by atoms with Gasteiger partial charge in [-0.3, -0.25) is 0 Å². The number of pyridine rings is 1. The van der Waals surface area contributed by atoms with Crippen molar-refractivity contribution in [3.63, 3.8) is 0 Å². The number of aromatic nitrogens is 1. The maximum absolute atomic E-state index is 10.2. The second-order valence-electron chi connectivity index (χ2n) is 3.81. The van der Waals surface area contributed by atoms with Crippen molar-refractivity contribution in [2.24, 2.45) is 0 Å². The Balaban J connectivity index is 0.000000472. The molecule has 0 fully saturated rings. The summed E-state index contributed by atoms with van der Waals surface area (Å²) in [6, 6.07) is 1.33.